The molecule has 76 valence electrons. The number of rotatable bonds is 1. The SMILES string of the molecule is [N-]=[N+]=NC1CCc2nccnc2NC1=O. The van der Waals surface area contributed by atoms with Gasteiger partial charge in [-0.15, -0.1) is 0 Å². The largest absolute Gasteiger partial charge is 0.309 e. The van der Waals surface area contributed by atoms with Crippen LogP contribution in [0.4, 0.5) is 5.82 Å². The van der Waals surface area contributed by atoms with Gasteiger partial charge in [-0.1, -0.05) is 5.11 Å². The van der Waals surface area contributed by atoms with Crippen molar-refractivity contribution < 1.29 is 4.79 Å². The van der Waals surface area contributed by atoms with E-state index in [0.717, 1.165) is 5.69 Å². The Balaban J connectivity index is 2.30. The zero-order chi connectivity index (χ0) is 10.7. The first-order valence-corrected chi connectivity index (χ1v) is 4.46. The van der Waals surface area contributed by atoms with Crippen LogP contribution in [-0.2, 0) is 11.2 Å². The first-order valence-electron chi connectivity index (χ1n) is 4.46. The number of amides is 1. The molecule has 1 aliphatic rings. The molecule has 0 aliphatic carbocycles. The van der Waals surface area contributed by atoms with Gasteiger partial charge in [0.05, 0.1) is 5.69 Å². The Kier molecular flexibility index (Phi) is 2.47. The van der Waals surface area contributed by atoms with Gasteiger partial charge in [0.1, 0.15) is 6.04 Å². The van der Waals surface area contributed by atoms with E-state index in [1.165, 1.54) is 6.20 Å². The van der Waals surface area contributed by atoms with Gasteiger partial charge in [0, 0.05) is 17.3 Å². The molecule has 1 unspecified atom stereocenters. The summed E-state index contributed by atoms with van der Waals surface area (Å²) in [5, 5.41) is 6.00. The van der Waals surface area contributed by atoms with Gasteiger partial charge >= 0.3 is 0 Å². The van der Waals surface area contributed by atoms with Crippen molar-refractivity contribution in [2.24, 2.45) is 5.11 Å². The molecule has 7 nitrogen and oxygen atoms in total. The van der Waals surface area contributed by atoms with Crippen molar-refractivity contribution in [1.29, 1.82) is 0 Å². The third-order valence-electron chi connectivity index (χ3n) is 2.16. The Hall–Kier alpha value is -2.14. The van der Waals surface area contributed by atoms with E-state index < -0.39 is 6.04 Å². The van der Waals surface area contributed by atoms with E-state index in [9.17, 15) is 4.79 Å². The Bertz CT molecular complexity index is 439. The molecule has 0 spiro atoms. The maximum Gasteiger partial charge on any atom is 0.234 e. The van der Waals surface area contributed by atoms with Crippen LogP contribution >= 0.6 is 0 Å². The maximum atomic E-state index is 11.5. The monoisotopic (exact) mass is 204 g/mol. The predicted octanol–water partition coefficient (Wildman–Crippen LogP) is 1.04. The number of azide groups is 1. The second-order valence-electron chi connectivity index (χ2n) is 3.10. The summed E-state index contributed by atoms with van der Waals surface area (Å²) in [5.41, 5.74) is 9.02. The lowest BCUT2D eigenvalue weighted by atomic mass is 10.1. The van der Waals surface area contributed by atoms with Crippen molar-refractivity contribution >= 4 is 11.7 Å². The van der Waals surface area contributed by atoms with E-state index in [-0.39, 0.29) is 5.91 Å². The summed E-state index contributed by atoms with van der Waals surface area (Å²) in [5.74, 6) is 0.130. The van der Waals surface area contributed by atoms with Crippen LogP contribution in [0, 0.1) is 0 Å². The van der Waals surface area contributed by atoms with E-state index in [4.69, 9.17) is 5.53 Å². The zero-order valence-electron chi connectivity index (χ0n) is 7.79. The molecule has 1 aliphatic heterocycles. The molecular weight excluding hydrogens is 196 g/mol. The van der Waals surface area contributed by atoms with Gasteiger partial charge in [-0.25, -0.2) is 4.98 Å². The van der Waals surface area contributed by atoms with Crippen LogP contribution in [0.2, 0.25) is 0 Å². The van der Waals surface area contributed by atoms with Crippen LogP contribution in [-0.4, -0.2) is 21.9 Å². The van der Waals surface area contributed by atoms with Gasteiger partial charge < -0.3 is 5.32 Å². The van der Waals surface area contributed by atoms with Crippen molar-refractivity contribution in [3.8, 4) is 0 Å². The molecule has 0 bridgehead atoms. The molecule has 7 heteroatoms. The molecule has 1 amide bonds. The van der Waals surface area contributed by atoms with E-state index in [1.807, 2.05) is 0 Å². The number of aromatic nitrogens is 2. The minimum absolute atomic E-state index is 0.327. The van der Waals surface area contributed by atoms with Crippen molar-refractivity contribution in [3.63, 3.8) is 0 Å². The fourth-order valence-electron chi connectivity index (χ4n) is 1.43. The molecule has 0 saturated carbocycles. The topological polar surface area (TPSA) is 104 Å². The number of carbonyl (C=O) groups is 1. The Morgan fingerprint density at radius 1 is 1.53 bits per heavy atom. The lowest BCUT2D eigenvalue weighted by Crippen LogP contribution is -2.24. The molecule has 2 heterocycles. The summed E-state index contributed by atoms with van der Waals surface area (Å²) in [6, 6.07) is -0.675. The quantitative estimate of drug-likeness (QED) is 0.419. The van der Waals surface area contributed by atoms with Gasteiger partial charge in [-0.05, 0) is 18.4 Å². The second-order valence-corrected chi connectivity index (χ2v) is 3.10. The second kappa shape index (κ2) is 3.93. The van der Waals surface area contributed by atoms with Gasteiger partial charge in [0.2, 0.25) is 5.91 Å². The minimum atomic E-state index is -0.675. The summed E-state index contributed by atoms with van der Waals surface area (Å²) in [4.78, 5) is 22.3. The number of anilines is 1. The van der Waals surface area contributed by atoms with Crippen molar-refractivity contribution in [2.75, 3.05) is 5.32 Å². The highest BCUT2D eigenvalue weighted by Gasteiger charge is 2.23. The Labute approximate surface area is 85.2 Å². The predicted molar refractivity (Wildman–Crippen MR) is 51.9 cm³/mol. The number of carbonyl (C=O) groups excluding carboxylic acids is 1. The first kappa shape index (κ1) is 9.42. The number of aryl methyl sites for hydroxylation is 1. The number of fused-ring (bicyclic) bond motifs is 1. The first-order chi connectivity index (χ1) is 7.31. The normalized spacial score (nSPS) is 19.5. The third kappa shape index (κ3) is 1.87. The van der Waals surface area contributed by atoms with Crippen LogP contribution in [0.5, 0.6) is 0 Å². The summed E-state index contributed by atoms with van der Waals surface area (Å²) in [7, 11) is 0. The highest BCUT2D eigenvalue weighted by Crippen LogP contribution is 2.18. The van der Waals surface area contributed by atoms with Crippen LogP contribution in [0.1, 0.15) is 12.1 Å². The molecule has 0 fully saturated rings. The average Bonchev–Trinajstić information content (AvgIpc) is 2.40. The molecule has 0 saturated heterocycles. The molecule has 0 radical (unpaired) electrons. The molecule has 0 aromatic carbocycles. The smallest absolute Gasteiger partial charge is 0.234 e. The van der Waals surface area contributed by atoms with Crippen LogP contribution in [0.15, 0.2) is 17.5 Å². The zero-order valence-corrected chi connectivity index (χ0v) is 7.79. The van der Waals surface area contributed by atoms with Crippen LogP contribution in [0.25, 0.3) is 10.4 Å². The van der Waals surface area contributed by atoms with Gasteiger partial charge in [-0.3, -0.25) is 9.78 Å². The van der Waals surface area contributed by atoms with Crippen LogP contribution < -0.4 is 5.32 Å². The minimum Gasteiger partial charge on any atom is -0.309 e. The highest BCUT2D eigenvalue weighted by atomic mass is 16.2. The summed E-state index contributed by atoms with van der Waals surface area (Å²) < 4.78 is 0. The fourth-order valence-corrected chi connectivity index (χ4v) is 1.43. The van der Waals surface area contributed by atoms with Gasteiger partial charge in [0.25, 0.3) is 0 Å². The molecule has 2 rings (SSSR count). The summed E-state index contributed by atoms with van der Waals surface area (Å²) in [6.45, 7) is 0. The van der Waals surface area contributed by atoms with E-state index >= 15 is 0 Å². The lowest BCUT2D eigenvalue weighted by molar-refractivity contribution is -0.117. The number of hydrogen-bond donors (Lipinski definition) is 1. The molecular formula is C8H8N6O. The van der Waals surface area contributed by atoms with E-state index in [1.54, 1.807) is 6.20 Å². The molecule has 1 aromatic heterocycles. The number of nitrogens with zero attached hydrogens (tertiary/aromatic N) is 5. The third-order valence-corrected chi connectivity index (χ3v) is 2.16. The maximum absolute atomic E-state index is 11.5. The number of hydrogen-bond acceptors (Lipinski definition) is 4. The fraction of sp³-hybridized carbons (Fsp3) is 0.375. The Morgan fingerprint density at radius 3 is 3.13 bits per heavy atom. The van der Waals surface area contributed by atoms with E-state index in [2.05, 4.69) is 25.3 Å². The standard InChI is InChI=1S/C8H8N6O/c9-14-13-6-2-1-5-7(12-8(6)15)11-4-3-10-5/h3-4,6H,1-2H2,(H,11,12,15). The molecule has 1 aromatic rings. The Morgan fingerprint density at radius 2 is 2.33 bits per heavy atom. The van der Waals surface area contributed by atoms with Crippen molar-refractivity contribution in [2.45, 2.75) is 18.9 Å². The molecule has 1 N–H and O–H groups in total. The van der Waals surface area contributed by atoms with Crippen molar-refractivity contribution in [1.82, 2.24) is 9.97 Å². The highest BCUT2D eigenvalue weighted by molar-refractivity contribution is 5.95. The average molecular weight is 204 g/mol. The molecule has 15 heavy (non-hydrogen) atoms. The van der Waals surface area contributed by atoms with Gasteiger partial charge in [0.15, 0.2) is 5.82 Å². The lowest BCUT2D eigenvalue weighted by Gasteiger charge is -2.04. The molecule has 1 atom stereocenters. The van der Waals surface area contributed by atoms with Gasteiger partial charge in [-0.2, -0.15) is 0 Å². The number of nitrogens with one attached hydrogen (secondary N) is 1. The van der Waals surface area contributed by atoms with E-state index in [0.29, 0.717) is 18.7 Å². The van der Waals surface area contributed by atoms with Crippen molar-refractivity contribution in [3.05, 3.63) is 28.5 Å². The summed E-state index contributed by atoms with van der Waals surface area (Å²) >= 11 is 0. The summed E-state index contributed by atoms with van der Waals surface area (Å²) in [6.07, 6.45) is 4.11. The van der Waals surface area contributed by atoms with Crippen LogP contribution in [0.3, 0.4) is 0 Å².